The third-order valence-electron chi connectivity index (χ3n) is 2.04. The van der Waals surface area contributed by atoms with Crippen LogP contribution in [-0.2, 0) is 5.75 Å². The Kier molecular flexibility index (Phi) is 5.58. The molecule has 0 amide bonds. The number of benzene rings is 1. The average molecular weight is 225 g/mol. The lowest BCUT2D eigenvalue weighted by Gasteiger charge is -2.11. The van der Waals surface area contributed by atoms with Gasteiger partial charge in [0.05, 0.1) is 0 Å². The van der Waals surface area contributed by atoms with Crippen LogP contribution in [0.15, 0.2) is 24.3 Å². The van der Waals surface area contributed by atoms with Crippen molar-refractivity contribution in [1.29, 1.82) is 0 Å². The van der Waals surface area contributed by atoms with Crippen LogP contribution in [0.25, 0.3) is 0 Å². The summed E-state index contributed by atoms with van der Waals surface area (Å²) in [7, 11) is 4.09. The summed E-state index contributed by atoms with van der Waals surface area (Å²) >= 11 is 1.83. The van der Waals surface area contributed by atoms with Crippen LogP contribution in [-0.4, -0.2) is 38.4 Å². The Morgan fingerprint density at radius 3 is 2.40 bits per heavy atom. The number of rotatable bonds is 6. The topological polar surface area (TPSA) is 12.5 Å². The summed E-state index contributed by atoms with van der Waals surface area (Å²) in [6.45, 7) is 1.70. The van der Waals surface area contributed by atoms with Gasteiger partial charge < -0.3 is 9.64 Å². The minimum atomic E-state index is 0.745. The molecule has 15 heavy (non-hydrogen) atoms. The lowest BCUT2D eigenvalue weighted by atomic mass is 10.2. The summed E-state index contributed by atoms with van der Waals surface area (Å²) in [6.07, 6.45) is 2.11. The van der Waals surface area contributed by atoms with Crippen LogP contribution < -0.4 is 4.74 Å². The monoisotopic (exact) mass is 225 g/mol. The molecule has 84 valence electrons. The zero-order valence-corrected chi connectivity index (χ0v) is 10.5. The Labute approximate surface area is 96.6 Å². The molecule has 0 aliphatic carbocycles. The molecule has 0 aliphatic heterocycles. The molecule has 0 aromatic heterocycles. The van der Waals surface area contributed by atoms with E-state index in [2.05, 4.69) is 23.3 Å². The molecule has 0 spiro atoms. The second-order valence-corrected chi connectivity index (χ2v) is 4.59. The predicted octanol–water partition coefficient (Wildman–Crippen LogP) is 2.49. The van der Waals surface area contributed by atoms with Crippen LogP contribution in [0.3, 0.4) is 0 Å². The third-order valence-corrected chi connectivity index (χ3v) is 2.66. The van der Waals surface area contributed by atoms with Gasteiger partial charge in [0.15, 0.2) is 0 Å². The van der Waals surface area contributed by atoms with Crippen LogP contribution >= 0.6 is 11.8 Å². The molecule has 0 fully saturated rings. The Morgan fingerprint density at radius 1 is 1.20 bits per heavy atom. The first kappa shape index (κ1) is 12.4. The standard InChI is InChI=1S/C12H19NOS/c1-13(2)8-9-14-12-6-4-11(5-7-12)10-15-3/h4-7H,8-10H2,1-3H3. The molecule has 1 aromatic carbocycles. The first-order chi connectivity index (χ1) is 7.22. The van der Waals surface area contributed by atoms with Gasteiger partial charge in [-0.05, 0) is 38.0 Å². The molecule has 0 N–H and O–H groups in total. The van der Waals surface area contributed by atoms with Crippen LogP contribution in [0.1, 0.15) is 5.56 Å². The van der Waals surface area contributed by atoms with Gasteiger partial charge in [-0.3, -0.25) is 0 Å². The highest BCUT2D eigenvalue weighted by Crippen LogP contribution is 2.15. The van der Waals surface area contributed by atoms with Crippen LogP contribution in [0, 0.1) is 0 Å². The fourth-order valence-electron chi connectivity index (χ4n) is 1.19. The number of nitrogens with zero attached hydrogens (tertiary/aromatic N) is 1. The molecule has 0 atom stereocenters. The van der Waals surface area contributed by atoms with Crippen molar-refractivity contribution in [3.8, 4) is 5.75 Å². The van der Waals surface area contributed by atoms with Crippen molar-refractivity contribution in [2.24, 2.45) is 0 Å². The van der Waals surface area contributed by atoms with E-state index in [9.17, 15) is 0 Å². The quantitative estimate of drug-likeness (QED) is 0.738. The third kappa shape index (κ3) is 5.09. The average Bonchev–Trinajstić information content (AvgIpc) is 2.20. The summed E-state index contributed by atoms with van der Waals surface area (Å²) in [5.41, 5.74) is 1.35. The van der Waals surface area contributed by atoms with E-state index in [4.69, 9.17) is 4.74 Å². The van der Waals surface area contributed by atoms with Crippen molar-refractivity contribution in [1.82, 2.24) is 4.90 Å². The molecule has 0 bridgehead atoms. The minimum absolute atomic E-state index is 0.745. The van der Waals surface area contributed by atoms with Crippen molar-refractivity contribution in [2.75, 3.05) is 33.5 Å². The molecule has 0 aliphatic rings. The summed E-state index contributed by atoms with van der Waals surface area (Å²) in [5, 5.41) is 0. The molecule has 0 radical (unpaired) electrons. The van der Waals surface area contributed by atoms with Crippen LogP contribution in [0.2, 0.25) is 0 Å². The molecular weight excluding hydrogens is 206 g/mol. The lowest BCUT2D eigenvalue weighted by Crippen LogP contribution is -2.19. The van der Waals surface area contributed by atoms with Gasteiger partial charge in [0.2, 0.25) is 0 Å². The lowest BCUT2D eigenvalue weighted by molar-refractivity contribution is 0.261. The van der Waals surface area contributed by atoms with Crippen molar-refractivity contribution < 1.29 is 4.74 Å². The van der Waals surface area contributed by atoms with E-state index in [1.54, 1.807) is 0 Å². The first-order valence-electron chi connectivity index (χ1n) is 5.08. The predicted molar refractivity (Wildman–Crippen MR) is 67.7 cm³/mol. The van der Waals surface area contributed by atoms with Gasteiger partial charge >= 0.3 is 0 Å². The van der Waals surface area contributed by atoms with Gasteiger partial charge in [0, 0.05) is 12.3 Å². The highest BCUT2D eigenvalue weighted by molar-refractivity contribution is 7.97. The van der Waals surface area contributed by atoms with Gasteiger partial charge in [0.25, 0.3) is 0 Å². The van der Waals surface area contributed by atoms with E-state index in [1.807, 2.05) is 38.0 Å². The van der Waals surface area contributed by atoms with E-state index in [0.29, 0.717) is 0 Å². The van der Waals surface area contributed by atoms with Crippen molar-refractivity contribution in [3.05, 3.63) is 29.8 Å². The zero-order valence-electron chi connectivity index (χ0n) is 9.69. The largest absolute Gasteiger partial charge is 0.492 e. The maximum atomic E-state index is 5.60. The number of hydrogen-bond acceptors (Lipinski definition) is 3. The molecule has 0 unspecified atom stereocenters. The molecule has 2 nitrogen and oxygen atoms in total. The van der Waals surface area contributed by atoms with Gasteiger partial charge in [-0.25, -0.2) is 0 Å². The second kappa shape index (κ2) is 6.75. The maximum absolute atomic E-state index is 5.60. The minimum Gasteiger partial charge on any atom is -0.492 e. The van der Waals surface area contributed by atoms with Gasteiger partial charge in [-0.15, -0.1) is 0 Å². The Hall–Kier alpha value is -0.670. The van der Waals surface area contributed by atoms with Gasteiger partial charge in [-0.1, -0.05) is 12.1 Å². The van der Waals surface area contributed by atoms with E-state index < -0.39 is 0 Å². The van der Waals surface area contributed by atoms with Gasteiger partial charge in [0.1, 0.15) is 12.4 Å². The summed E-state index contributed by atoms with van der Waals surface area (Å²) < 4.78 is 5.60. The molecule has 1 aromatic rings. The molecule has 0 saturated carbocycles. The van der Waals surface area contributed by atoms with Crippen LogP contribution in [0.4, 0.5) is 0 Å². The molecule has 1 rings (SSSR count). The number of likely N-dealkylation sites (N-methyl/N-ethyl adjacent to an activating group) is 1. The summed E-state index contributed by atoms with van der Waals surface area (Å²) in [4.78, 5) is 2.11. The molecule has 0 heterocycles. The maximum Gasteiger partial charge on any atom is 0.119 e. The molecule has 3 heteroatoms. The fraction of sp³-hybridized carbons (Fsp3) is 0.500. The Balaban J connectivity index is 2.36. The van der Waals surface area contributed by atoms with Crippen molar-refractivity contribution in [2.45, 2.75) is 5.75 Å². The zero-order chi connectivity index (χ0) is 11.1. The second-order valence-electron chi connectivity index (χ2n) is 3.73. The van der Waals surface area contributed by atoms with E-state index >= 15 is 0 Å². The SMILES string of the molecule is CSCc1ccc(OCCN(C)C)cc1. The van der Waals surface area contributed by atoms with E-state index in [-0.39, 0.29) is 0 Å². The van der Waals surface area contributed by atoms with Gasteiger partial charge in [-0.2, -0.15) is 11.8 Å². The van der Waals surface area contributed by atoms with Crippen molar-refractivity contribution in [3.63, 3.8) is 0 Å². The Morgan fingerprint density at radius 2 is 1.87 bits per heavy atom. The normalized spacial score (nSPS) is 10.7. The molecular formula is C12H19NOS. The Bertz CT molecular complexity index is 271. The van der Waals surface area contributed by atoms with E-state index in [1.165, 1.54) is 5.56 Å². The molecule has 0 saturated heterocycles. The highest BCUT2D eigenvalue weighted by atomic mass is 32.2. The highest BCUT2D eigenvalue weighted by Gasteiger charge is 1.95. The number of thioether (sulfide) groups is 1. The smallest absolute Gasteiger partial charge is 0.119 e. The number of ether oxygens (including phenoxy) is 1. The fourth-order valence-corrected chi connectivity index (χ4v) is 1.72. The van der Waals surface area contributed by atoms with Crippen LogP contribution in [0.5, 0.6) is 5.75 Å². The summed E-state index contributed by atoms with van der Waals surface area (Å²) in [6, 6.07) is 8.34. The first-order valence-corrected chi connectivity index (χ1v) is 6.47. The van der Waals surface area contributed by atoms with E-state index in [0.717, 1.165) is 24.7 Å². The summed E-state index contributed by atoms with van der Waals surface area (Å²) in [5.74, 6) is 2.03. The van der Waals surface area contributed by atoms with Crippen molar-refractivity contribution >= 4 is 11.8 Å². The number of hydrogen-bond donors (Lipinski definition) is 0.